The van der Waals surface area contributed by atoms with E-state index in [2.05, 4.69) is 20.2 Å². The topological polar surface area (TPSA) is 83.7 Å². The van der Waals surface area contributed by atoms with Gasteiger partial charge in [0, 0.05) is 19.7 Å². The molecule has 2 aromatic rings. The van der Waals surface area contributed by atoms with Crippen LogP contribution in [0.3, 0.4) is 0 Å². The van der Waals surface area contributed by atoms with E-state index in [9.17, 15) is 4.79 Å². The van der Waals surface area contributed by atoms with Crippen LogP contribution in [0.15, 0.2) is 11.0 Å². The third-order valence-electron chi connectivity index (χ3n) is 2.23. The van der Waals surface area contributed by atoms with Gasteiger partial charge in [0.1, 0.15) is 11.3 Å². The number of nitrogens with one attached hydrogen (secondary N) is 2. The molecule has 2 aromatic heterocycles. The molecule has 0 aromatic carbocycles. The van der Waals surface area contributed by atoms with E-state index < -0.39 is 0 Å². The number of nitrogens with zero attached hydrogens (tertiary/aromatic N) is 2. The molecule has 0 saturated carbocycles. The highest BCUT2D eigenvalue weighted by molar-refractivity contribution is 5.71. The second kappa shape index (κ2) is 3.82. The van der Waals surface area contributed by atoms with Crippen molar-refractivity contribution in [2.75, 3.05) is 7.11 Å². The van der Waals surface area contributed by atoms with E-state index in [0.29, 0.717) is 23.3 Å². The second-order valence-electron chi connectivity index (χ2n) is 3.38. The van der Waals surface area contributed by atoms with E-state index in [1.54, 1.807) is 13.3 Å². The van der Waals surface area contributed by atoms with Crippen LogP contribution < -0.4 is 5.56 Å². The number of hydrogen-bond acceptors (Lipinski definition) is 4. The van der Waals surface area contributed by atoms with E-state index in [4.69, 9.17) is 4.74 Å². The summed E-state index contributed by atoms with van der Waals surface area (Å²) in [4.78, 5) is 18.4. The van der Waals surface area contributed by atoms with Crippen LogP contribution in [0.5, 0.6) is 0 Å². The van der Waals surface area contributed by atoms with Gasteiger partial charge in [-0.2, -0.15) is 5.10 Å². The molecule has 0 fully saturated rings. The summed E-state index contributed by atoms with van der Waals surface area (Å²) in [5.41, 5.74) is 0.695. The number of rotatable bonds is 3. The maximum Gasteiger partial charge on any atom is 0.279 e. The third kappa shape index (κ3) is 1.89. The number of methoxy groups -OCH3 is 1. The summed E-state index contributed by atoms with van der Waals surface area (Å²) >= 11 is 0. The summed E-state index contributed by atoms with van der Waals surface area (Å²) in [5, 5.41) is 6.41. The van der Waals surface area contributed by atoms with E-state index >= 15 is 0 Å². The minimum absolute atomic E-state index is 0.0255. The number of H-pyrrole nitrogens is 2. The fourth-order valence-corrected chi connectivity index (χ4v) is 1.35. The number of fused-ring (bicyclic) bond motifs is 1. The number of aromatic amines is 2. The molecule has 2 rings (SSSR count). The highest BCUT2D eigenvalue weighted by Crippen LogP contribution is 2.03. The molecule has 0 aliphatic heterocycles. The quantitative estimate of drug-likeness (QED) is 0.756. The van der Waals surface area contributed by atoms with Crippen LogP contribution in [0, 0.1) is 0 Å². The number of ether oxygens (including phenoxy) is 1. The first-order chi connectivity index (χ1) is 7.20. The Kier molecular flexibility index (Phi) is 2.51. The van der Waals surface area contributed by atoms with Crippen molar-refractivity contribution >= 4 is 11.0 Å². The lowest BCUT2D eigenvalue weighted by Gasteiger charge is -2.07. The molecule has 0 amide bonds. The van der Waals surface area contributed by atoms with Crippen molar-refractivity contribution in [2.45, 2.75) is 19.4 Å². The van der Waals surface area contributed by atoms with Gasteiger partial charge < -0.3 is 9.72 Å². The fourth-order valence-electron chi connectivity index (χ4n) is 1.35. The van der Waals surface area contributed by atoms with E-state index in [0.717, 1.165) is 0 Å². The summed E-state index contributed by atoms with van der Waals surface area (Å²) in [6.45, 7) is 1.92. The van der Waals surface area contributed by atoms with Crippen molar-refractivity contribution < 1.29 is 4.74 Å². The third-order valence-corrected chi connectivity index (χ3v) is 2.23. The van der Waals surface area contributed by atoms with Crippen molar-refractivity contribution in [1.29, 1.82) is 0 Å². The molecule has 0 aliphatic carbocycles. The first-order valence-electron chi connectivity index (χ1n) is 4.66. The SMILES string of the molecule is COC(C)Cc1nc2c[nH]nc2c(=O)[nH]1. The first-order valence-corrected chi connectivity index (χ1v) is 4.66. The second-order valence-corrected chi connectivity index (χ2v) is 3.38. The molecular weight excluding hydrogens is 196 g/mol. The Labute approximate surface area is 85.7 Å². The standard InChI is InChI=1S/C9H12N4O2/c1-5(15-2)3-7-11-6-4-10-13-8(6)9(14)12-7/h4-5H,3H2,1-2H3,(H,10,13)(H,11,12,14). The van der Waals surface area contributed by atoms with Crippen molar-refractivity contribution in [2.24, 2.45) is 0 Å². The minimum atomic E-state index is -0.223. The zero-order chi connectivity index (χ0) is 10.8. The Morgan fingerprint density at radius 3 is 3.13 bits per heavy atom. The van der Waals surface area contributed by atoms with Crippen molar-refractivity contribution in [3.8, 4) is 0 Å². The van der Waals surface area contributed by atoms with Crippen LogP contribution in [-0.4, -0.2) is 33.4 Å². The molecule has 6 heteroatoms. The summed E-state index contributed by atoms with van der Waals surface area (Å²) in [5.74, 6) is 0.614. The highest BCUT2D eigenvalue weighted by atomic mass is 16.5. The number of hydrogen-bond donors (Lipinski definition) is 2. The molecule has 0 aliphatic rings. The van der Waals surface area contributed by atoms with Crippen LogP contribution in [0.25, 0.3) is 11.0 Å². The molecule has 2 N–H and O–H groups in total. The molecule has 6 nitrogen and oxygen atoms in total. The maximum atomic E-state index is 11.5. The van der Waals surface area contributed by atoms with Crippen LogP contribution >= 0.6 is 0 Å². The average molecular weight is 208 g/mol. The molecule has 0 bridgehead atoms. The molecule has 0 saturated heterocycles. The Balaban J connectivity index is 2.41. The summed E-state index contributed by atoms with van der Waals surface area (Å²) in [7, 11) is 1.62. The van der Waals surface area contributed by atoms with Crippen molar-refractivity contribution in [3.05, 3.63) is 22.4 Å². The molecular formula is C9H12N4O2. The van der Waals surface area contributed by atoms with Gasteiger partial charge in [-0.15, -0.1) is 0 Å². The van der Waals surface area contributed by atoms with Gasteiger partial charge >= 0.3 is 0 Å². The average Bonchev–Trinajstić information content (AvgIpc) is 2.66. The van der Waals surface area contributed by atoms with Gasteiger partial charge in [-0.25, -0.2) is 4.98 Å². The van der Waals surface area contributed by atoms with Crippen LogP contribution in [-0.2, 0) is 11.2 Å². The normalized spacial score (nSPS) is 13.2. The highest BCUT2D eigenvalue weighted by Gasteiger charge is 2.08. The Morgan fingerprint density at radius 1 is 1.60 bits per heavy atom. The molecule has 2 heterocycles. The van der Waals surface area contributed by atoms with Crippen LogP contribution in [0.2, 0.25) is 0 Å². The predicted molar refractivity (Wildman–Crippen MR) is 54.7 cm³/mol. The lowest BCUT2D eigenvalue weighted by Crippen LogP contribution is -2.17. The van der Waals surface area contributed by atoms with Gasteiger partial charge in [0.05, 0.1) is 6.10 Å². The van der Waals surface area contributed by atoms with Crippen molar-refractivity contribution in [1.82, 2.24) is 20.2 Å². The Hall–Kier alpha value is -1.69. The summed E-state index contributed by atoms with van der Waals surface area (Å²) < 4.78 is 5.10. The van der Waals surface area contributed by atoms with Gasteiger partial charge in [-0.05, 0) is 6.92 Å². The molecule has 1 unspecified atom stereocenters. The minimum Gasteiger partial charge on any atom is -0.381 e. The first kappa shape index (κ1) is 9.85. The van der Waals surface area contributed by atoms with Gasteiger partial charge in [0.15, 0.2) is 5.52 Å². The zero-order valence-electron chi connectivity index (χ0n) is 8.57. The van der Waals surface area contributed by atoms with Crippen molar-refractivity contribution in [3.63, 3.8) is 0 Å². The lowest BCUT2D eigenvalue weighted by atomic mass is 10.2. The predicted octanol–water partition coefficient (Wildman–Crippen LogP) is 0.224. The van der Waals surface area contributed by atoms with Crippen LogP contribution in [0.4, 0.5) is 0 Å². The van der Waals surface area contributed by atoms with Gasteiger partial charge in [-0.3, -0.25) is 9.89 Å². The Morgan fingerprint density at radius 2 is 2.40 bits per heavy atom. The van der Waals surface area contributed by atoms with E-state index in [1.165, 1.54) is 0 Å². The molecule has 0 radical (unpaired) electrons. The fraction of sp³-hybridized carbons (Fsp3) is 0.444. The summed E-state index contributed by atoms with van der Waals surface area (Å²) in [6, 6.07) is 0. The monoisotopic (exact) mass is 208 g/mol. The molecule has 80 valence electrons. The van der Waals surface area contributed by atoms with E-state index in [-0.39, 0.29) is 11.7 Å². The largest absolute Gasteiger partial charge is 0.381 e. The summed E-state index contributed by atoms with van der Waals surface area (Å²) in [6.07, 6.45) is 2.20. The maximum absolute atomic E-state index is 11.5. The molecule has 15 heavy (non-hydrogen) atoms. The molecule has 0 spiro atoms. The van der Waals surface area contributed by atoms with Crippen LogP contribution in [0.1, 0.15) is 12.7 Å². The van der Waals surface area contributed by atoms with Gasteiger partial charge in [-0.1, -0.05) is 0 Å². The molecule has 1 atom stereocenters. The smallest absolute Gasteiger partial charge is 0.279 e. The number of aromatic nitrogens is 4. The Bertz CT molecular complexity index is 516. The van der Waals surface area contributed by atoms with Gasteiger partial charge in [0.2, 0.25) is 0 Å². The lowest BCUT2D eigenvalue weighted by molar-refractivity contribution is 0.117. The zero-order valence-corrected chi connectivity index (χ0v) is 8.57. The van der Waals surface area contributed by atoms with Gasteiger partial charge in [0.25, 0.3) is 5.56 Å². The van der Waals surface area contributed by atoms with E-state index in [1.807, 2.05) is 6.92 Å².